The highest BCUT2D eigenvalue weighted by Crippen LogP contribution is 2.26. The third kappa shape index (κ3) is 7.38. The maximum absolute atomic E-state index is 13.1. The molecule has 1 heterocycles. The number of carbonyl (C=O) groups is 2. The monoisotopic (exact) mass is 530 g/mol. The molecule has 1 aromatic heterocycles. The molecule has 0 aliphatic rings. The largest absolute Gasteiger partial charge is 0.497 e. The van der Waals surface area contributed by atoms with Crippen molar-refractivity contribution in [3.8, 4) is 28.7 Å². The Morgan fingerprint density at radius 1 is 0.923 bits per heavy atom. The molecule has 4 aromatic rings. The average Bonchev–Trinajstić information content (AvgIpc) is 3.45. The van der Waals surface area contributed by atoms with Crippen molar-refractivity contribution < 1.29 is 33.0 Å². The second kappa shape index (κ2) is 13.1. The summed E-state index contributed by atoms with van der Waals surface area (Å²) >= 11 is 0. The SMILES string of the molecule is COC(=O)CN(C(=O)Oc1ccc(OC)cc1)C(C)c1cccc(OCCc2coc(-c3ccccc3)n2)c1. The predicted octanol–water partition coefficient (Wildman–Crippen LogP) is 5.71. The van der Waals surface area contributed by atoms with Gasteiger partial charge in [0.15, 0.2) is 0 Å². The molecule has 0 spiro atoms. The van der Waals surface area contributed by atoms with Crippen LogP contribution in [0.15, 0.2) is 89.5 Å². The number of hydrogen-bond acceptors (Lipinski definition) is 8. The van der Waals surface area contributed by atoms with E-state index in [0.29, 0.717) is 36.2 Å². The van der Waals surface area contributed by atoms with Crippen molar-refractivity contribution in [2.45, 2.75) is 19.4 Å². The van der Waals surface area contributed by atoms with Crippen LogP contribution in [-0.2, 0) is 16.0 Å². The maximum Gasteiger partial charge on any atom is 0.416 e. The minimum absolute atomic E-state index is 0.284. The average molecular weight is 531 g/mol. The van der Waals surface area contributed by atoms with Crippen LogP contribution in [0.25, 0.3) is 11.5 Å². The molecule has 1 unspecified atom stereocenters. The zero-order valence-corrected chi connectivity index (χ0v) is 22.0. The summed E-state index contributed by atoms with van der Waals surface area (Å²) in [7, 11) is 2.82. The number of hydrogen-bond donors (Lipinski definition) is 0. The molecule has 0 saturated heterocycles. The molecule has 1 atom stereocenters. The summed E-state index contributed by atoms with van der Waals surface area (Å²) in [6.45, 7) is 1.90. The van der Waals surface area contributed by atoms with Crippen LogP contribution in [0.2, 0.25) is 0 Å². The smallest absolute Gasteiger partial charge is 0.416 e. The van der Waals surface area contributed by atoms with Gasteiger partial charge in [0.25, 0.3) is 0 Å². The molecular weight excluding hydrogens is 500 g/mol. The normalized spacial score (nSPS) is 11.4. The third-order valence-electron chi connectivity index (χ3n) is 6.03. The molecule has 0 fully saturated rings. The highest BCUT2D eigenvalue weighted by atomic mass is 16.6. The fourth-order valence-corrected chi connectivity index (χ4v) is 3.82. The Morgan fingerprint density at radius 3 is 2.38 bits per heavy atom. The Bertz CT molecular complexity index is 1370. The maximum atomic E-state index is 13.1. The molecule has 202 valence electrons. The van der Waals surface area contributed by atoms with Crippen molar-refractivity contribution in [2.75, 3.05) is 27.4 Å². The first-order valence-corrected chi connectivity index (χ1v) is 12.4. The lowest BCUT2D eigenvalue weighted by Gasteiger charge is -2.28. The molecule has 0 aliphatic heterocycles. The van der Waals surface area contributed by atoms with Gasteiger partial charge < -0.3 is 23.4 Å². The molecule has 4 rings (SSSR count). The molecule has 1 amide bonds. The fourth-order valence-electron chi connectivity index (χ4n) is 3.82. The second-order valence-electron chi connectivity index (χ2n) is 8.60. The Morgan fingerprint density at radius 2 is 1.67 bits per heavy atom. The van der Waals surface area contributed by atoms with Crippen LogP contribution in [0.5, 0.6) is 17.2 Å². The summed E-state index contributed by atoms with van der Waals surface area (Å²) in [5, 5.41) is 0. The lowest BCUT2D eigenvalue weighted by atomic mass is 10.1. The topological polar surface area (TPSA) is 100 Å². The van der Waals surface area contributed by atoms with E-state index in [1.807, 2.05) is 54.6 Å². The van der Waals surface area contributed by atoms with E-state index in [1.54, 1.807) is 44.6 Å². The van der Waals surface area contributed by atoms with Gasteiger partial charge in [-0.3, -0.25) is 9.69 Å². The van der Waals surface area contributed by atoms with E-state index in [0.717, 1.165) is 16.8 Å². The van der Waals surface area contributed by atoms with Gasteiger partial charge in [0.05, 0.1) is 32.6 Å². The highest BCUT2D eigenvalue weighted by molar-refractivity contribution is 5.79. The fraction of sp³-hybridized carbons (Fsp3) is 0.233. The summed E-state index contributed by atoms with van der Waals surface area (Å²) < 4.78 is 27.0. The van der Waals surface area contributed by atoms with Crippen molar-refractivity contribution in [2.24, 2.45) is 0 Å². The lowest BCUT2D eigenvalue weighted by Crippen LogP contribution is -2.40. The first-order chi connectivity index (χ1) is 19.0. The number of esters is 1. The minimum Gasteiger partial charge on any atom is -0.497 e. The molecular formula is C30H30N2O7. The van der Waals surface area contributed by atoms with Crippen LogP contribution >= 0.6 is 0 Å². The van der Waals surface area contributed by atoms with Crippen LogP contribution in [0, 0.1) is 0 Å². The molecule has 9 nitrogen and oxygen atoms in total. The molecule has 0 saturated carbocycles. The number of carbonyl (C=O) groups excluding carboxylic acids is 2. The van der Waals surface area contributed by atoms with Crippen LogP contribution in [0.3, 0.4) is 0 Å². The van der Waals surface area contributed by atoms with Crippen LogP contribution in [-0.4, -0.2) is 49.3 Å². The summed E-state index contributed by atoms with van der Waals surface area (Å²) in [5.74, 6) is 1.57. The predicted molar refractivity (Wildman–Crippen MR) is 144 cm³/mol. The van der Waals surface area contributed by atoms with Crippen molar-refractivity contribution in [3.63, 3.8) is 0 Å². The van der Waals surface area contributed by atoms with Crippen LogP contribution in [0.4, 0.5) is 4.79 Å². The van der Waals surface area contributed by atoms with E-state index in [2.05, 4.69) is 4.98 Å². The van der Waals surface area contributed by atoms with Gasteiger partial charge in [0, 0.05) is 12.0 Å². The third-order valence-corrected chi connectivity index (χ3v) is 6.03. The standard InChI is InChI=1S/C30H30N2O7/c1-21(32(19-28(33)36-3)30(34)39-26-14-12-25(35-2)13-15-26)23-10-7-11-27(18-23)37-17-16-24-20-38-29(31-24)22-8-5-4-6-9-22/h4-15,18,20-21H,16-17,19H2,1-3H3. The summed E-state index contributed by atoms with van der Waals surface area (Å²) in [6.07, 6.45) is 1.49. The molecule has 9 heteroatoms. The quantitative estimate of drug-likeness (QED) is 0.228. The van der Waals surface area contributed by atoms with Crippen molar-refractivity contribution in [3.05, 3.63) is 96.4 Å². The van der Waals surface area contributed by atoms with Gasteiger partial charge in [-0.05, 0) is 61.0 Å². The first-order valence-electron chi connectivity index (χ1n) is 12.4. The summed E-state index contributed by atoms with van der Waals surface area (Å²) in [6, 6.07) is 23.1. The molecule has 0 radical (unpaired) electrons. The van der Waals surface area contributed by atoms with E-state index < -0.39 is 18.1 Å². The van der Waals surface area contributed by atoms with Gasteiger partial charge in [-0.25, -0.2) is 9.78 Å². The number of methoxy groups -OCH3 is 2. The lowest BCUT2D eigenvalue weighted by molar-refractivity contribution is -0.141. The first kappa shape index (κ1) is 27.3. The number of benzene rings is 3. The van der Waals surface area contributed by atoms with Crippen molar-refractivity contribution in [1.29, 1.82) is 0 Å². The number of aromatic nitrogens is 1. The molecule has 39 heavy (non-hydrogen) atoms. The Balaban J connectivity index is 1.40. The van der Waals surface area contributed by atoms with Gasteiger partial charge >= 0.3 is 12.1 Å². The number of rotatable bonds is 11. The van der Waals surface area contributed by atoms with Gasteiger partial charge in [-0.2, -0.15) is 0 Å². The number of amides is 1. The Labute approximate surface area is 226 Å². The van der Waals surface area contributed by atoms with E-state index in [1.165, 1.54) is 12.0 Å². The van der Waals surface area contributed by atoms with Gasteiger partial charge in [-0.1, -0.05) is 30.3 Å². The van der Waals surface area contributed by atoms with Gasteiger partial charge in [-0.15, -0.1) is 0 Å². The van der Waals surface area contributed by atoms with E-state index in [-0.39, 0.29) is 6.54 Å². The highest BCUT2D eigenvalue weighted by Gasteiger charge is 2.26. The van der Waals surface area contributed by atoms with E-state index >= 15 is 0 Å². The second-order valence-corrected chi connectivity index (χ2v) is 8.60. The Kier molecular flexibility index (Phi) is 9.18. The summed E-state index contributed by atoms with van der Waals surface area (Å²) in [5.41, 5.74) is 2.45. The zero-order valence-electron chi connectivity index (χ0n) is 22.0. The number of ether oxygens (including phenoxy) is 4. The molecule has 0 bridgehead atoms. The van der Waals surface area contributed by atoms with Crippen LogP contribution < -0.4 is 14.2 Å². The van der Waals surface area contributed by atoms with Crippen molar-refractivity contribution in [1.82, 2.24) is 9.88 Å². The molecule has 3 aromatic carbocycles. The molecule has 0 N–H and O–H groups in total. The zero-order chi connectivity index (χ0) is 27.6. The van der Waals surface area contributed by atoms with E-state index in [9.17, 15) is 9.59 Å². The number of oxazole rings is 1. The molecule has 0 aliphatic carbocycles. The van der Waals surface area contributed by atoms with E-state index in [4.69, 9.17) is 23.4 Å². The van der Waals surface area contributed by atoms with Crippen molar-refractivity contribution >= 4 is 12.1 Å². The van der Waals surface area contributed by atoms with Crippen LogP contribution in [0.1, 0.15) is 24.2 Å². The number of nitrogens with zero attached hydrogens (tertiary/aromatic N) is 2. The Hall–Kier alpha value is -4.79. The minimum atomic E-state index is -0.690. The summed E-state index contributed by atoms with van der Waals surface area (Å²) in [4.78, 5) is 31.0. The van der Waals surface area contributed by atoms with Gasteiger partial charge in [0.1, 0.15) is 30.1 Å². The van der Waals surface area contributed by atoms with Gasteiger partial charge in [0.2, 0.25) is 5.89 Å².